The van der Waals surface area contributed by atoms with Gasteiger partial charge in [-0.1, -0.05) is 120 Å². The van der Waals surface area contributed by atoms with Gasteiger partial charge in [0.05, 0.1) is 31.9 Å². The van der Waals surface area contributed by atoms with E-state index in [0.29, 0.717) is 25.5 Å². The minimum Gasteiger partial charge on any atom is -0.353 e. The first-order chi connectivity index (χ1) is 20.5. The Morgan fingerprint density at radius 2 is 1.19 bits per heavy atom. The zero-order valence-corrected chi connectivity index (χ0v) is 24.9. The van der Waals surface area contributed by atoms with E-state index in [1.165, 1.54) is 23.5 Å². The maximum Gasteiger partial charge on any atom is 0.168 e. The molecule has 7 heteroatoms. The van der Waals surface area contributed by atoms with Crippen molar-refractivity contribution < 1.29 is 9.59 Å². The molecule has 6 rings (SSSR count). The Morgan fingerprint density at radius 1 is 0.667 bits per heavy atom. The van der Waals surface area contributed by atoms with Gasteiger partial charge in [0.25, 0.3) is 0 Å². The largest absolute Gasteiger partial charge is 0.353 e. The molecule has 0 spiro atoms. The summed E-state index contributed by atoms with van der Waals surface area (Å²) in [7, 11) is 0. The Hall–Kier alpha value is -4.23. The van der Waals surface area contributed by atoms with Crippen molar-refractivity contribution in [1.82, 2.24) is 9.97 Å². The summed E-state index contributed by atoms with van der Waals surface area (Å²) >= 11 is 9.58. The van der Waals surface area contributed by atoms with E-state index in [9.17, 15) is 9.59 Å². The van der Waals surface area contributed by atoms with Gasteiger partial charge in [0.1, 0.15) is 0 Å². The lowest BCUT2D eigenvalue weighted by Gasteiger charge is -2.06. The molecule has 0 saturated carbocycles. The number of carbonyl (C=O) groups excluding carboxylic acids is 2. The number of hydrogen-bond donors (Lipinski definition) is 2. The van der Waals surface area contributed by atoms with Crippen LogP contribution in [0.3, 0.4) is 0 Å². The molecule has 0 saturated heterocycles. The fraction of sp³-hybridized carbons (Fsp3) is 0.0286. The summed E-state index contributed by atoms with van der Waals surface area (Å²) in [5.74, 6) is -0.0716. The number of halogens is 1. The van der Waals surface area contributed by atoms with E-state index >= 15 is 0 Å². The Bertz CT molecular complexity index is 2030. The van der Waals surface area contributed by atoms with Crippen LogP contribution in [0.4, 0.5) is 0 Å². The molecule has 42 heavy (non-hydrogen) atoms. The Kier molecular flexibility index (Phi) is 8.20. The molecule has 0 fully saturated rings. The highest BCUT2D eigenvalue weighted by Crippen LogP contribution is 2.37. The number of aromatic amines is 2. The minimum absolute atomic E-state index is 0.0716. The number of benzene rings is 4. The average molecular weight is 605 g/mol. The standard InChI is InChI=1S/C35H25ClN2O2S2/c1-22(40)35(42-25-17-9-4-10-18-25)34-30-29(31(37-34)23-13-5-2-6-14-23)33(28(21-39)41-24-15-7-3-8-16-24)38-32(30)26-19-11-12-20-27(26)36/h2-21,37-38H,1H3/b33-28-,35-34-. The van der Waals surface area contributed by atoms with Crippen LogP contribution in [0, 0.1) is 0 Å². The number of aldehydes is 1. The third kappa shape index (κ3) is 5.49. The van der Waals surface area contributed by atoms with E-state index in [2.05, 4.69) is 9.97 Å². The van der Waals surface area contributed by atoms with Gasteiger partial charge < -0.3 is 9.97 Å². The van der Waals surface area contributed by atoms with E-state index in [0.717, 1.165) is 49.4 Å². The van der Waals surface area contributed by atoms with E-state index in [-0.39, 0.29) is 5.78 Å². The van der Waals surface area contributed by atoms with Gasteiger partial charge in [-0.25, -0.2) is 0 Å². The zero-order valence-electron chi connectivity index (χ0n) is 22.6. The molecule has 0 aliphatic carbocycles. The number of rotatable bonds is 8. The van der Waals surface area contributed by atoms with Crippen molar-refractivity contribution in [2.75, 3.05) is 0 Å². The molecule has 0 bridgehead atoms. The number of H-pyrrole nitrogens is 2. The third-order valence-electron chi connectivity index (χ3n) is 6.79. The fourth-order valence-electron chi connectivity index (χ4n) is 4.95. The number of Topliss-reactive ketones (excluding diaryl/α,β-unsaturated/α-hetero) is 1. The summed E-state index contributed by atoms with van der Waals surface area (Å²) in [4.78, 5) is 36.2. The second kappa shape index (κ2) is 12.3. The van der Waals surface area contributed by atoms with Crippen molar-refractivity contribution in [3.05, 3.63) is 131 Å². The van der Waals surface area contributed by atoms with Crippen LogP contribution in [0.15, 0.2) is 125 Å². The highest BCUT2D eigenvalue weighted by atomic mass is 35.5. The van der Waals surface area contributed by atoms with E-state index in [1.54, 1.807) is 6.92 Å². The molecule has 0 amide bonds. The smallest absolute Gasteiger partial charge is 0.168 e. The van der Waals surface area contributed by atoms with E-state index in [1.807, 2.05) is 115 Å². The number of fused-ring (bicyclic) bond motifs is 1. The molecule has 0 radical (unpaired) electrons. The van der Waals surface area contributed by atoms with Gasteiger partial charge in [-0.2, -0.15) is 0 Å². The fourth-order valence-corrected chi connectivity index (χ4v) is 6.96. The summed E-state index contributed by atoms with van der Waals surface area (Å²) in [6.45, 7) is 1.58. The number of thioether (sulfide) groups is 2. The monoisotopic (exact) mass is 604 g/mol. The molecule has 0 aliphatic rings. The maximum atomic E-state index is 13.3. The van der Waals surface area contributed by atoms with Gasteiger partial charge in [0.2, 0.25) is 0 Å². The van der Waals surface area contributed by atoms with Gasteiger partial charge in [-0.15, -0.1) is 0 Å². The molecule has 206 valence electrons. The first-order valence-electron chi connectivity index (χ1n) is 13.3. The summed E-state index contributed by atoms with van der Waals surface area (Å²) < 4.78 is 0. The zero-order chi connectivity index (χ0) is 29.1. The summed E-state index contributed by atoms with van der Waals surface area (Å²) in [5.41, 5.74) is 3.25. The van der Waals surface area contributed by atoms with Gasteiger partial charge in [-0.3, -0.25) is 9.59 Å². The minimum atomic E-state index is -0.0716. The second-order valence-corrected chi connectivity index (χ2v) is 12.1. The molecule has 2 heterocycles. The Labute approximate surface area is 256 Å². The second-order valence-electron chi connectivity index (χ2n) is 9.54. The number of aromatic nitrogens is 2. The molecule has 0 unspecified atom stereocenters. The van der Waals surface area contributed by atoms with Gasteiger partial charge in [0.15, 0.2) is 12.1 Å². The maximum absolute atomic E-state index is 13.3. The first-order valence-corrected chi connectivity index (χ1v) is 15.3. The predicted molar refractivity (Wildman–Crippen MR) is 176 cm³/mol. The third-order valence-corrected chi connectivity index (χ3v) is 9.35. The van der Waals surface area contributed by atoms with Crippen LogP contribution in [-0.4, -0.2) is 22.0 Å². The van der Waals surface area contributed by atoms with Gasteiger partial charge in [0, 0.05) is 31.1 Å². The van der Waals surface area contributed by atoms with Crippen LogP contribution in [0.25, 0.3) is 43.1 Å². The number of hydrogen-bond acceptors (Lipinski definition) is 4. The quantitative estimate of drug-likeness (QED) is 0.136. The Balaban J connectivity index is 1.80. The number of carbonyl (C=O) groups is 2. The lowest BCUT2D eigenvalue weighted by molar-refractivity contribution is -0.111. The van der Waals surface area contributed by atoms with Gasteiger partial charge in [-0.05, 0) is 42.8 Å². The summed E-state index contributed by atoms with van der Waals surface area (Å²) in [6, 6.07) is 37.2. The normalized spacial score (nSPS) is 12.7. The number of ketones is 1. The lowest BCUT2D eigenvalue weighted by Crippen LogP contribution is -2.12. The topological polar surface area (TPSA) is 65.7 Å². The number of nitrogens with one attached hydrogen (secondary N) is 2. The van der Waals surface area contributed by atoms with Crippen LogP contribution in [0.1, 0.15) is 6.92 Å². The predicted octanol–water partition coefficient (Wildman–Crippen LogP) is 8.07. The van der Waals surface area contributed by atoms with Crippen LogP contribution in [0.2, 0.25) is 5.02 Å². The molecule has 2 N–H and O–H groups in total. The summed E-state index contributed by atoms with van der Waals surface area (Å²) in [6.07, 6.45) is 0.884. The van der Waals surface area contributed by atoms with Crippen molar-refractivity contribution in [3.8, 4) is 22.5 Å². The van der Waals surface area contributed by atoms with Crippen LogP contribution in [-0.2, 0) is 9.59 Å². The molecule has 0 atom stereocenters. The highest BCUT2D eigenvalue weighted by molar-refractivity contribution is 8.09. The lowest BCUT2D eigenvalue weighted by atomic mass is 10.1. The van der Waals surface area contributed by atoms with Crippen LogP contribution >= 0.6 is 35.1 Å². The van der Waals surface area contributed by atoms with Crippen molar-refractivity contribution >= 4 is 67.8 Å². The van der Waals surface area contributed by atoms with Crippen LogP contribution < -0.4 is 10.7 Å². The molecular formula is C35H25ClN2O2S2. The molecule has 0 aliphatic heterocycles. The van der Waals surface area contributed by atoms with Crippen molar-refractivity contribution in [2.24, 2.45) is 0 Å². The van der Waals surface area contributed by atoms with Crippen molar-refractivity contribution in [3.63, 3.8) is 0 Å². The molecule has 6 aromatic rings. The molecule has 4 aromatic carbocycles. The highest BCUT2D eigenvalue weighted by Gasteiger charge is 2.23. The van der Waals surface area contributed by atoms with E-state index in [4.69, 9.17) is 11.6 Å². The summed E-state index contributed by atoms with van der Waals surface area (Å²) in [5, 5.41) is 3.53. The first kappa shape index (κ1) is 27.9. The van der Waals surface area contributed by atoms with Gasteiger partial charge >= 0.3 is 0 Å². The average Bonchev–Trinajstić information content (AvgIpc) is 3.59. The van der Waals surface area contributed by atoms with Crippen molar-refractivity contribution in [2.45, 2.75) is 16.7 Å². The van der Waals surface area contributed by atoms with Crippen LogP contribution in [0.5, 0.6) is 0 Å². The SMILES string of the molecule is CC(=O)/C(Sc1ccccc1)=c1/[nH]c(-c2ccccc2)c2/c(=C(\C=O)Sc3ccccc3)[nH]c(-c3ccccc3Cl)c12. The Morgan fingerprint density at radius 3 is 1.79 bits per heavy atom. The molecule has 4 nitrogen and oxygen atoms in total. The molecular weight excluding hydrogens is 580 g/mol. The molecule has 2 aromatic heterocycles. The van der Waals surface area contributed by atoms with Crippen molar-refractivity contribution in [1.29, 1.82) is 0 Å². The van der Waals surface area contributed by atoms with E-state index < -0.39 is 0 Å².